The molecule has 1 aromatic heterocycles. The summed E-state index contributed by atoms with van der Waals surface area (Å²) in [5.41, 5.74) is 7.19. The Hall–Kier alpha value is -2.74. The molecule has 0 spiro atoms. The maximum absolute atomic E-state index is 8.81. The normalized spacial score (nSPS) is 9.92. The number of nitrogens with zero attached hydrogens (tertiary/aromatic N) is 5. The first-order valence-corrected chi connectivity index (χ1v) is 8.13. The summed E-state index contributed by atoms with van der Waals surface area (Å²) in [6.45, 7) is 0.844. The molecule has 1 aromatic carbocycles. The summed E-state index contributed by atoms with van der Waals surface area (Å²) >= 11 is 11.9. The fourth-order valence-electron chi connectivity index (χ4n) is 2.14. The molecule has 0 fully saturated rings. The summed E-state index contributed by atoms with van der Waals surface area (Å²) in [5.74, 6) is 0.880. The van der Waals surface area contributed by atoms with Gasteiger partial charge in [-0.15, -0.1) is 0 Å². The van der Waals surface area contributed by atoms with E-state index in [9.17, 15) is 0 Å². The number of anilines is 4. The summed E-state index contributed by atoms with van der Waals surface area (Å²) in [6, 6.07) is 9.23. The second kappa shape index (κ2) is 8.93. The molecule has 0 saturated carbocycles. The molecule has 0 amide bonds. The van der Waals surface area contributed by atoms with Crippen molar-refractivity contribution in [3.63, 3.8) is 0 Å². The van der Waals surface area contributed by atoms with Crippen LogP contribution >= 0.6 is 23.2 Å². The lowest BCUT2D eigenvalue weighted by Gasteiger charge is -2.23. The molecule has 1 heterocycles. The van der Waals surface area contributed by atoms with Crippen LogP contribution in [-0.4, -0.2) is 23.1 Å². The van der Waals surface area contributed by atoms with Gasteiger partial charge >= 0.3 is 0 Å². The number of nitrogen functional groups attached to an aromatic ring is 1. The van der Waals surface area contributed by atoms with Crippen molar-refractivity contribution in [3.05, 3.63) is 34.6 Å². The Morgan fingerprint density at radius 1 is 1.08 bits per heavy atom. The molecule has 0 bridgehead atoms. The van der Waals surface area contributed by atoms with Crippen molar-refractivity contribution in [3.8, 4) is 12.1 Å². The molecule has 0 saturated heterocycles. The van der Waals surface area contributed by atoms with Gasteiger partial charge in [0.05, 0.1) is 35.0 Å². The molecule has 0 aliphatic carbocycles. The second-order valence-corrected chi connectivity index (χ2v) is 5.83. The van der Waals surface area contributed by atoms with Gasteiger partial charge in [-0.3, -0.25) is 0 Å². The van der Waals surface area contributed by atoms with E-state index in [0.29, 0.717) is 59.0 Å². The number of nitrogens with two attached hydrogens (primary N) is 1. The molecular weight excluding hydrogens is 361 g/mol. The van der Waals surface area contributed by atoms with E-state index in [-0.39, 0.29) is 0 Å². The third kappa shape index (κ3) is 4.87. The highest BCUT2D eigenvalue weighted by Crippen LogP contribution is 2.31. The van der Waals surface area contributed by atoms with Crippen molar-refractivity contribution >= 4 is 46.2 Å². The van der Waals surface area contributed by atoms with Crippen molar-refractivity contribution in [1.29, 1.82) is 10.5 Å². The lowest BCUT2D eigenvalue weighted by atomic mass is 10.3. The molecule has 7 nitrogen and oxygen atoms in total. The molecule has 2 aromatic rings. The zero-order valence-electron chi connectivity index (χ0n) is 13.2. The van der Waals surface area contributed by atoms with E-state index in [4.69, 9.17) is 39.5 Å². The summed E-state index contributed by atoms with van der Waals surface area (Å²) in [6.07, 6.45) is 1.96. The minimum Gasteiger partial charge on any atom is -0.393 e. The van der Waals surface area contributed by atoms with Crippen molar-refractivity contribution < 1.29 is 0 Å². The molecule has 128 valence electrons. The maximum Gasteiger partial charge on any atom is 0.159 e. The molecule has 0 aliphatic heterocycles. The Bertz CT molecular complexity index is 808. The van der Waals surface area contributed by atoms with Gasteiger partial charge in [0.25, 0.3) is 0 Å². The van der Waals surface area contributed by atoms with Crippen LogP contribution in [0.15, 0.2) is 24.5 Å². The topological polar surface area (TPSA) is 115 Å². The lowest BCUT2D eigenvalue weighted by Crippen LogP contribution is -2.27. The largest absolute Gasteiger partial charge is 0.393 e. The summed E-state index contributed by atoms with van der Waals surface area (Å²) in [5, 5.41) is 21.6. The second-order valence-electron chi connectivity index (χ2n) is 5.02. The average molecular weight is 376 g/mol. The third-order valence-electron chi connectivity index (χ3n) is 3.33. The molecule has 0 unspecified atom stereocenters. The van der Waals surface area contributed by atoms with Crippen LogP contribution in [-0.2, 0) is 0 Å². The average Bonchev–Trinajstić information content (AvgIpc) is 2.60. The number of aromatic nitrogens is 2. The molecule has 9 heteroatoms. The van der Waals surface area contributed by atoms with Crippen LogP contribution in [0.2, 0.25) is 10.0 Å². The van der Waals surface area contributed by atoms with Gasteiger partial charge in [0.2, 0.25) is 0 Å². The number of nitrogens with one attached hydrogen (secondary N) is 1. The molecule has 25 heavy (non-hydrogen) atoms. The van der Waals surface area contributed by atoms with Crippen LogP contribution < -0.4 is 16.0 Å². The maximum atomic E-state index is 8.81. The van der Waals surface area contributed by atoms with E-state index in [0.717, 1.165) is 0 Å². The van der Waals surface area contributed by atoms with Crippen molar-refractivity contribution in [2.75, 3.05) is 29.0 Å². The van der Waals surface area contributed by atoms with Gasteiger partial charge in [-0.2, -0.15) is 10.5 Å². The SMILES string of the molecule is N#CCCN(CCC#N)c1ncnc(Nc2ccc(Cl)c(Cl)c2)c1N. The standard InChI is InChI=1S/C16H15Cl2N7/c17-12-4-3-11(9-13(12)18)24-15-14(21)16(23-10-22-15)25(7-1-5-19)8-2-6-20/h3-4,9-10H,1-2,7-8,21H2,(H,22,23,24). The van der Waals surface area contributed by atoms with Gasteiger partial charge in [-0.1, -0.05) is 23.2 Å². The highest BCUT2D eigenvalue weighted by atomic mass is 35.5. The quantitative estimate of drug-likeness (QED) is 0.756. The van der Waals surface area contributed by atoms with E-state index in [2.05, 4.69) is 27.4 Å². The number of rotatable bonds is 7. The molecule has 0 radical (unpaired) electrons. The molecule has 2 rings (SSSR count). The van der Waals surface area contributed by atoms with Gasteiger partial charge in [0.1, 0.15) is 12.0 Å². The van der Waals surface area contributed by atoms with Gasteiger partial charge < -0.3 is 16.0 Å². The van der Waals surface area contributed by atoms with Gasteiger partial charge in [-0.05, 0) is 18.2 Å². The lowest BCUT2D eigenvalue weighted by molar-refractivity contribution is 0.782. The first-order valence-electron chi connectivity index (χ1n) is 7.38. The summed E-state index contributed by atoms with van der Waals surface area (Å²) < 4.78 is 0. The molecular formula is C16H15Cl2N7. The number of hydrogen-bond donors (Lipinski definition) is 2. The van der Waals surface area contributed by atoms with Crippen molar-refractivity contribution in [2.24, 2.45) is 0 Å². The fraction of sp³-hybridized carbons (Fsp3) is 0.250. The Kier molecular flexibility index (Phi) is 6.64. The number of halogens is 2. The van der Waals surface area contributed by atoms with Gasteiger partial charge in [-0.25, -0.2) is 9.97 Å². The summed E-state index contributed by atoms with van der Waals surface area (Å²) in [7, 11) is 0. The summed E-state index contributed by atoms with van der Waals surface area (Å²) in [4.78, 5) is 10.1. The molecule has 0 atom stereocenters. The third-order valence-corrected chi connectivity index (χ3v) is 4.07. The van der Waals surface area contributed by atoms with Crippen molar-refractivity contribution in [1.82, 2.24) is 9.97 Å². The Balaban J connectivity index is 2.29. The highest BCUT2D eigenvalue weighted by Gasteiger charge is 2.15. The Labute approximate surface area is 155 Å². The van der Waals surface area contributed by atoms with Crippen LogP contribution in [0.1, 0.15) is 12.8 Å². The fourth-order valence-corrected chi connectivity index (χ4v) is 2.44. The first kappa shape index (κ1) is 18.6. The van der Waals surface area contributed by atoms with Crippen LogP contribution in [0.5, 0.6) is 0 Å². The minimum atomic E-state index is 0.296. The van der Waals surface area contributed by atoms with Crippen LogP contribution in [0.25, 0.3) is 0 Å². The van der Waals surface area contributed by atoms with Crippen LogP contribution in [0.4, 0.5) is 23.0 Å². The number of benzene rings is 1. The zero-order chi connectivity index (χ0) is 18.2. The van der Waals surface area contributed by atoms with Crippen LogP contribution in [0.3, 0.4) is 0 Å². The Morgan fingerprint density at radius 3 is 2.36 bits per heavy atom. The Morgan fingerprint density at radius 2 is 1.76 bits per heavy atom. The van der Waals surface area contributed by atoms with Gasteiger partial charge in [0, 0.05) is 18.8 Å². The zero-order valence-corrected chi connectivity index (χ0v) is 14.7. The van der Waals surface area contributed by atoms with Crippen molar-refractivity contribution in [2.45, 2.75) is 12.8 Å². The monoisotopic (exact) mass is 375 g/mol. The van der Waals surface area contributed by atoms with E-state index < -0.39 is 0 Å². The van der Waals surface area contributed by atoms with E-state index in [1.54, 1.807) is 23.1 Å². The minimum absolute atomic E-state index is 0.296. The number of nitriles is 2. The molecule has 3 N–H and O–H groups in total. The highest BCUT2D eigenvalue weighted by molar-refractivity contribution is 6.42. The number of hydrogen-bond acceptors (Lipinski definition) is 7. The predicted octanol–water partition coefficient (Wildman–Crippen LogP) is 3.74. The van der Waals surface area contributed by atoms with Crippen LogP contribution in [0, 0.1) is 22.7 Å². The predicted molar refractivity (Wildman–Crippen MR) is 98.9 cm³/mol. The van der Waals surface area contributed by atoms with E-state index >= 15 is 0 Å². The van der Waals surface area contributed by atoms with Gasteiger partial charge in [0.15, 0.2) is 11.6 Å². The first-order chi connectivity index (χ1) is 12.1. The molecule has 0 aliphatic rings. The smallest absolute Gasteiger partial charge is 0.159 e. The van der Waals surface area contributed by atoms with E-state index in [1.165, 1.54) is 6.33 Å². The van der Waals surface area contributed by atoms with E-state index in [1.807, 2.05) is 0 Å².